The fourth-order valence-corrected chi connectivity index (χ4v) is 2.37. The van der Waals surface area contributed by atoms with Crippen LogP contribution in [0.2, 0.25) is 0 Å². The molecule has 3 atom stereocenters. The SMILES string of the molecule is CC(NC(=O)C(NC=O)C(C)C)C(=O)N1CCC[C@@H](C(=O)O)N1. The van der Waals surface area contributed by atoms with Gasteiger partial charge in [0.2, 0.25) is 12.3 Å². The van der Waals surface area contributed by atoms with E-state index in [9.17, 15) is 19.2 Å². The predicted octanol–water partition coefficient (Wildman–Crippen LogP) is -1.16. The van der Waals surface area contributed by atoms with E-state index in [1.165, 1.54) is 11.9 Å². The molecule has 1 aliphatic heterocycles. The van der Waals surface area contributed by atoms with Crippen LogP contribution in [-0.2, 0) is 19.2 Å². The van der Waals surface area contributed by atoms with E-state index >= 15 is 0 Å². The van der Waals surface area contributed by atoms with Crippen molar-refractivity contribution in [2.24, 2.45) is 5.92 Å². The molecule has 9 nitrogen and oxygen atoms in total. The third-order valence-electron chi connectivity index (χ3n) is 3.68. The second-order valence-electron chi connectivity index (χ2n) is 5.89. The summed E-state index contributed by atoms with van der Waals surface area (Å²) in [5.41, 5.74) is 2.65. The minimum absolute atomic E-state index is 0.132. The molecule has 0 aromatic carbocycles. The van der Waals surface area contributed by atoms with Gasteiger partial charge in [0, 0.05) is 6.54 Å². The van der Waals surface area contributed by atoms with Gasteiger partial charge in [-0.2, -0.15) is 0 Å². The van der Waals surface area contributed by atoms with Crippen LogP contribution in [0.25, 0.3) is 0 Å². The van der Waals surface area contributed by atoms with E-state index in [0.717, 1.165) is 0 Å². The number of hydrogen-bond acceptors (Lipinski definition) is 5. The number of carbonyl (C=O) groups excluding carboxylic acids is 3. The first kappa shape index (κ1) is 18.9. The van der Waals surface area contributed by atoms with E-state index in [0.29, 0.717) is 25.8 Å². The molecule has 0 saturated carbocycles. The summed E-state index contributed by atoms with van der Waals surface area (Å²) in [4.78, 5) is 46.0. The third kappa shape index (κ3) is 5.20. The van der Waals surface area contributed by atoms with Gasteiger partial charge in [-0.05, 0) is 25.7 Å². The van der Waals surface area contributed by atoms with Gasteiger partial charge in [0.1, 0.15) is 18.1 Å². The van der Waals surface area contributed by atoms with Crippen LogP contribution in [0.1, 0.15) is 33.6 Å². The van der Waals surface area contributed by atoms with Gasteiger partial charge in [0.15, 0.2) is 0 Å². The topological polar surface area (TPSA) is 128 Å². The lowest BCUT2D eigenvalue weighted by Gasteiger charge is -2.34. The zero-order valence-electron chi connectivity index (χ0n) is 13.5. The fourth-order valence-electron chi connectivity index (χ4n) is 2.37. The van der Waals surface area contributed by atoms with Gasteiger partial charge in [-0.25, -0.2) is 5.43 Å². The Labute approximate surface area is 134 Å². The molecule has 0 radical (unpaired) electrons. The molecule has 130 valence electrons. The van der Waals surface area contributed by atoms with Crippen molar-refractivity contribution in [3.8, 4) is 0 Å². The van der Waals surface area contributed by atoms with E-state index in [1.54, 1.807) is 13.8 Å². The molecule has 0 bridgehead atoms. The first-order chi connectivity index (χ1) is 10.8. The van der Waals surface area contributed by atoms with Crippen molar-refractivity contribution in [2.75, 3.05) is 6.54 Å². The van der Waals surface area contributed by atoms with Crippen molar-refractivity contribution < 1.29 is 24.3 Å². The smallest absolute Gasteiger partial charge is 0.322 e. The average molecular weight is 328 g/mol. The van der Waals surface area contributed by atoms with Crippen LogP contribution in [0, 0.1) is 5.92 Å². The molecule has 1 saturated heterocycles. The highest BCUT2D eigenvalue weighted by atomic mass is 16.4. The van der Waals surface area contributed by atoms with Crippen LogP contribution in [-0.4, -0.2) is 59.0 Å². The number of hydrogen-bond donors (Lipinski definition) is 4. The molecule has 4 N–H and O–H groups in total. The van der Waals surface area contributed by atoms with Crippen LogP contribution in [0.4, 0.5) is 0 Å². The highest BCUT2D eigenvalue weighted by Crippen LogP contribution is 2.09. The van der Waals surface area contributed by atoms with Crippen molar-refractivity contribution in [2.45, 2.75) is 51.7 Å². The van der Waals surface area contributed by atoms with Gasteiger partial charge >= 0.3 is 5.97 Å². The number of amides is 3. The molecule has 3 amide bonds. The lowest BCUT2D eigenvalue weighted by Crippen LogP contribution is -2.60. The summed E-state index contributed by atoms with van der Waals surface area (Å²) in [6.45, 7) is 5.45. The number of nitrogens with zero attached hydrogens (tertiary/aromatic N) is 1. The number of carbonyl (C=O) groups is 4. The second-order valence-corrected chi connectivity index (χ2v) is 5.89. The zero-order valence-corrected chi connectivity index (χ0v) is 13.5. The summed E-state index contributed by atoms with van der Waals surface area (Å²) >= 11 is 0. The standard InChI is InChI=1S/C14H24N4O5/c1-8(2)11(15-7-19)12(20)16-9(3)13(21)18-6-4-5-10(17-18)14(22)23/h7-11,17H,4-6H2,1-3H3,(H,15,19)(H,16,20)(H,22,23)/t9?,10-,11?/m0/s1. The Morgan fingerprint density at radius 1 is 1.30 bits per heavy atom. The predicted molar refractivity (Wildman–Crippen MR) is 80.9 cm³/mol. The molecule has 1 rings (SSSR count). The van der Waals surface area contributed by atoms with Gasteiger partial charge < -0.3 is 15.7 Å². The molecule has 2 unspecified atom stereocenters. The van der Waals surface area contributed by atoms with Crippen molar-refractivity contribution >= 4 is 24.2 Å². The Morgan fingerprint density at radius 2 is 1.96 bits per heavy atom. The Balaban J connectivity index is 2.63. The normalized spacial score (nSPS) is 20.5. The molecule has 1 fully saturated rings. The van der Waals surface area contributed by atoms with Crippen LogP contribution >= 0.6 is 0 Å². The van der Waals surface area contributed by atoms with Crippen LogP contribution in [0.15, 0.2) is 0 Å². The lowest BCUT2D eigenvalue weighted by atomic mass is 10.0. The molecule has 0 aromatic rings. The molecule has 1 heterocycles. The van der Waals surface area contributed by atoms with E-state index in [4.69, 9.17) is 5.11 Å². The minimum atomic E-state index is -1.02. The van der Waals surface area contributed by atoms with Crippen LogP contribution in [0.3, 0.4) is 0 Å². The van der Waals surface area contributed by atoms with Gasteiger partial charge in [0.25, 0.3) is 5.91 Å². The molecule has 1 aliphatic rings. The van der Waals surface area contributed by atoms with Gasteiger partial charge in [-0.15, -0.1) is 0 Å². The molecule has 9 heteroatoms. The first-order valence-electron chi connectivity index (χ1n) is 7.58. The Bertz CT molecular complexity index is 468. The quantitative estimate of drug-likeness (QED) is 0.437. The average Bonchev–Trinajstić information content (AvgIpc) is 2.51. The monoisotopic (exact) mass is 328 g/mol. The van der Waals surface area contributed by atoms with E-state index in [2.05, 4.69) is 16.1 Å². The maximum atomic E-state index is 12.3. The Hall–Kier alpha value is -2.16. The molecule has 23 heavy (non-hydrogen) atoms. The largest absolute Gasteiger partial charge is 0.480 e. The number of hydrazine groups is 1. The highest BCUT2D eigenvalue weighted by Gasteiger charge is 2.31. The van der Waals surface area contributed by atoms with Crippen molar-refractivity contribution in [3.63, 3.8) is 0 Å². The van der Waals surface area contributed by atoms with Crippen LogP contribution in [0.5, 0.6) is 0 Å². The maximum absolute atomic E-state index is 12.3. The Kier molecular flexibility index (Phi) is 6.95. The molecule has 0 aromatic heterocycles. The number of carboxylic acid groups (broad SMARTS) is 1. The lowest BCUT2D eigenvalue weighted by molar-refractivity contribution is -0.148. The van der Waals surface area contributed by atoms with Gasteiger partial charge in [-0.1, -0.05) is 13.8 Å². The van der Waals surface area contributed by atoms with Crippen LogP contribution < -0.4 is 16.1 Å². The van der Waals surface area contributed by atoms with Crippen molar-refractivity contribution in [3.05, 3.63) is 0 Å². The third-order valence-corrected chi connectivity index (χ3v) is 3.68. The van der Waals surface area contributed by atoms with E-state index in [1.807, 2.05) is 0 Å². The first-order valence-corrected chi connectivity index (χ1v) is 7.58. The molecular weight excluding hydrogens is 304 g/mol. The maximum Gasteiger partial charge on any atom is 0.322 e. The summed E-state index contributed by atoms with van der Waals surface area (Å²) in [5.74, 6) is -2.03. The number of nitrogens with one attached hydrogen (secondary N) is 3. The van der Waals surface area contributed by atoms with Gasteiger partial charge in [0.05, 0.1) is 0 Å². The fraction of sp³-hybridized carbons (Fsp3) is 0.714. The second kappa shape index (κ2) is 8.47. The zero-order chi connectivity index (χ0) is 17.6. The number of rotatable bonds is 7. The highest BCUT2D eigenvalue weighted by molar-refractivity contribution is 5.90. The number of aliphatic carboxylic acids is 1. The molecular formula is C14H24N4O5. The molecule has 0 aliphatic carbocycles. The minimum Gasteiger partial charge on any atom is -0.480 e. The van der Waals surface area contributed by atoms with E-state index in [-0.39, 0.29) is 5.92 Å². The van der Waals surface area contributed by atoms with Crippen molar-refractivity contribution in [1.29, 1.82) is 0 Å². The summed E-state index contributed by atoms with van der Waals surface area (Å²) in [5, 5.41) is 15.2. The summed E-state index contributed by atoms with van der Waals surface area (Å²) in [6.07, 6.45) is 1.45. The summed E-state index contributed by atoms with van der Waals surface area (Å²) in [7, 11) is 0. The number of carboxylic acids is 1. The summed E-state index contributed by atoms with van der Waals surface area (Å²) < 4.78 is 0. The molecule has 0 spiro atoms. The van der Waals surface area contributed by atoms with E-state index < -0.39 is 35.9 Å². The summed E-state index contributed by atoms with van der Waals surface area (Å²) in [6, 6.07) is -2.38. The Morgan fingerprint density at radius 3 is 2.48 bits per heavy atom. The van der Waals surface area contributed by atoms with Gasteiger partial charge in [-0.3, -0.25) is 24.2 Å². The van der Waals surface area contributed by atoms with Crippen molar-refractivity contribution in [1.82, 2.24) is 21.1 Å².